The third-order valence-electron chi connectivity index (χ3n) is 5.45. The van der Waals surface area contributed by atoms with Crippen molar-refractivity contribution in [2.75, 3.05) is 0 Å². The summed E-state index contributed by atoms with van der Waals surface area (Å²) >= 11 is 0. The second-order valence-electron chi connectivity index (χ2n) is 13.5. The van der Waals surface area contributed by atoms with Crippen LogP contribution in [0.25, 0.3) is 0 Å². The predicted octanol–water partition coefficient (Wildman–Crippen LogP) is 9.20. The molecule has 0 aromatic rings. The molecular formula is C30H60O6Yb. The van der Waals surface area contributed by atoms with Crippen LogP contribution in [-0.4, -0.2) is 33.2 Å². The zero-order chi connectivity index (χ0) is 28.8. The third kappa shape index (κ3) is 57.0. The summed E-state index contributed by atoms with van der Waals surface area (Å²) in [5.41, 5.74) is 1.18. The van der Waals surface area contributed by atoms with E-state index in [1.54, 1.807) is 0 Å². The summed E-state index contributed by atoms with van der Waals surface area (Å²) in [6.45, 7) is 19.9. The minimum Gasteiger partial charge on any atom is -0.481 e. The fraction of sp³-hybridized carbons (Fsp3) is 0.900. The van der Waals surface area contributed by atoms with Gasteiger partial charge in [0.1, 0.15) is 0 Å². The molecule has 0 aromatic heterocycles. The molecule has 0 aliphatic rings. The van der Waals surface area contributed by atoms with Gasteiger partial charge in [-0.1, -0.05) is 101 Å². The van der Waals surface area contributed by atoms with Gasteiger partial charge in [0.05, 0.1) is 0 Å². The molecule has 0 amide bonds. The molecule has 0 bridgehead atoms. The van der Waals surface area contributed by atoms with Gasteiger partial charge in [0.2, 0.25) is 0 Å². The van der Waals surface area contributed by atoms with Crippen LogP contribution in [0.1, 0.15) is 159 Å². The van der Waals surface area contributed by atoms with Crippen molar-refractivity contribution < 1.29 is 76.6 Å². The fourth-order valence-corrected chi connectivity index (χ4v) is 3.32. The molecular weight excluding hydrogens is 629 g/mol. The van der Waals surface area contributed by atoms with Crippen LogP contribution in [0.2, 0.25) is 0 Å². The summed E-state index contributed by atoms with van der Waals surface area (Å²) in [5.74, 6) is -2.03. The summed E-state index contributed by atoms with van der Waals surface area (Å²) in [6, 6.07) is 0. The van der Waals surface area contributed by atoms with Crippen molar-refractivity contribution in [1.29, 1.82) is 0 Å². The largest absolute Gasteiger partial charge is 0.481 e. The zero-order valence-corrected chi connectivity index (χ0v) is 27.2. The number of carboxylic acid groups (broad SMARTS) is 3. The van der Waals surface area contributed by atoms with Crippen molar-refractivity contribution in [3.8, 4) is 0 Å². The van der Waals surface area contributed by atoms with E-state index >= 15 is 0 Å². The first-order chi connectivity index (χ1) is 16.2. The number of rotatable bonds is 15. The maximum absolute atomic E-state index is 10.2. The van der Waals surface area contributed by atoms with E-state index in [9.17, 15) is 14.4 Å². The number of hydrogen-bond donors (Lipinski definition) is 3. The number of aliphatic carboxylic acids is 3. The van der Waals surface area contributed by atoms with E-state index in [4.69, 9.17) is 15.3 Å². The molecule has 0 spiro atoms. The van der Waals surface area contributed by atoms with Gasteiger partial charge < -0.3 is 15.3 Å². The summed E-state index contributed by atoms with van der Waals surface area (Å²) in [7, 11) is 0. The maximum atomic E-state index is 10.2. The van der Waals surface area contributed by atoms with Gasteiger partial charge in [-0.25, -0.2) is 0 Å². The Morgan fingerprint density at radius 3 is 0.730 bits per heavy atom. The van der Waals surface area contributed by atoms with Crippen LogP contribution in [0.5, 0.6) is 0 Å². The normalized spacial score (nSPS) is 11.3. The van der Waals surface area contributed by atoms with Crippen LogP contribution in [0.15, 0.2) is 0 Å². The van der Waals surface area contributed by atoms with Crippen LogP contribution in [0.4, 0.5) is 0 Å². The molecule has 37 heavy (non-hydrogen) atoms. The average Bonchev–Trinajstić information content (AvgIpc) is 2.65. The van der Waals surface area contributed by atoms with Gasteiger partial charge in [0.15, 0.2) is 0 Å². The Labute approximate surface area is 267 Å². The van der Waals surface area contributed by atoms with Crippen LogP contribution in [0.3, 0.4) is 0 Å². The number of hydrogen-bond acceptors (Lipinski definition) is 3. The molecule has 230 valence electrons. The molecule has 0 aromatic carbocycles. The smallest absolute Gasteiger partial charge is 0.303 e. The van der Waals surface area contributed by atoms with Gasteiger partial charge in [-0.3, -0.25) is 14.4 Å². The molecule has 0 aliphatic carbocycles. The van der Waals surface area contributed by atoms with Gasteiger partial charge in [-0.2, -0.15) is 0 Å². The van der Waals surface area contributed by atoms with Crippen LogP contribution in [-0.2, 0) is 14.4 Å². The maximum Gasteiger partial charge on any atom is 0.303 e. The van der Waals surface area contributed by atoms with E-state index in [-0.39, 0.29) is 46.9 Å². The van der Waals surface area contributed by atoms with E-state index in [0.717, 1.165) is 57.8 Å². The van der Waals surface area contributed by atoms with E-state index in [2.05, 4.69) is 62.3 Å². The molecule has 0 aliphatic heterocycles. The molecule has 7 heteroatoms. The van der Waals surface area contributed by atoms with Crippen molar-refractivity contribution in [2.45, 2.75) is 159 Å². The Morgan fingerprint density at radius 2 is 0.595 bits per heavy atom. The van der Waals surface area contributed by atoms with Gasteiger partial charge in [-0.05, 0) is 54.8 Å². The molecule has 0 saturated carbocycles. The summed E-state index contributed by atoms with van der Waals surface area (Å²) < 4.78 is 0. The number of carbonyl (C=O) groups is 3. The molecule has 6 nitrogen and oxygen atoms in total. The first-order valence-corrected chi connectivity index (χ1v) is 13.9. The van der Waals surface area contributed by atoms with Gasteiger partial charge >= 0.3 is 17.9 Å². The number of carboxylic acids is 3. The topological polar surface area (TPSA) is 112 Å². The van der Waals surface area contributed by atoms with Gasteiger partial charge in [0.25, 0.3) is 0 Å². The second-order valence-corrected chi connectivity index (χ2v) is 13.5. The fourth-order valence-electron chi connectivity index (χ4n) is 3.32. The van der Waals surface area contributed by atoms with E-state index < -0.39 is 17.9 Å². The van der Waals surface area contributed by atoms with Gasteiger partial charge in [-0.15, -0.1) is 0 Å². The molecule has 0 atom stereocenters. The Hall–Kier alpha value is -0.0705. The Bertz CT molecular complexity index is 487. The Balaban J connectivity index is -0.000000218. The minimum atomic E-state index is -0.675. The first-order valence-electron chi connectivity index (χ1n) is 13.9. The summed E-state index contributed by atoms with van der Waals surface area (Å²) in [5, 5.41) is 25.1. The van der Waals surface area contributed by atoms with Crippen molar-refractivity contribution in [2.24, 2.45) is 16.2 Å². The molecule has 0 radical (unpaired) electrons. The van der Waals surface area contributed by atoms with Crippen molar-refractivity contribution in [3.63, 3.8) is 0 Å². The van der Waals surface area contributed by atoms with Gasteiger partial charge in [0, 0.05) is 66.2 Å². The number of unbranched alkanes of at least 4 members (excludes halogenated alkanes) is 6. The van der Waals surface area contributed by atoms with Crippen LogP contribution >= 0.6 is 0 Å². The molecule has 0 fully saturated rings. The van der Waals surface area contributed by atoms with Crippen molar-refractivity contribution in [1.82, 2.24) is 0 Å². The molecule has 0 unspecified atom stereocenters. The first kappa shape index (κ1) is 44.0. The standard InChI is InChI=1S/3C10H20O2.Yb/c3*1-10(2,3)8-6-4-5-7-9(11)12;/h3*4-8H2,1-3H3,(H,11,12);. The van der Waals surface area contributed by atoms with Crippen LogP contribution < -0.4 is 0 Å². The third-order valence-corrected chi connectivity index (χ3v) is 5.45. The van der Waals surface area contributed by atoms with Crippen molar-refractivity contribution in [3.05, 3.63) is 0 Å². The summed E-state index contributed by atoms with van der Waals surface area (Å²) in [6.07, 6.45) is 13.6. The zero-order valence-electron chi connectivity index (χ0n) is 25.4. The molecule has 0 saturated heterocycles. The molecule has 0 rings (SSSR count). The Kier molecular flexibility index (Phi) is 29.6. The SMILES string of the molecule is CC(C)(C)CCCCCC(=O)O.CC(C)(C)CCCCCC(=O)O.CC(C)(C)CCCCCC(=O)O.[Yb]. The Morgan fingerprint density at radius 1 is 0.405 bits per heavy atom. The van der Waals surface area contributed by atoms with Crippen LogP contribution in [0, 0.1) is 63.2 Å². The summed E-state index contributed by atoms with van der Waals surface area (Å²) in [4.78, 5) is 30.5. The predicted molar refractivity (Wildman–Crippen MR) is 151 cm³/mol. The second kappa shape index (κ2) is 24.9. The van der Waals surface area contributed by atoms with E-state index in [1.165, 1.54) is 19.3 Å². The molecule has 3 N–H and O–H groups in total. The van der Waals surface area contributed by atoms with E-state index in [0.29, 0.717) is 35.5 Å². The van der Waals surface area contributed by atoms with Crippen molar-refractivity contribution >= 4 is 17.9 Å². The monoisotopic (exact) mass is 690 g/mol. The van der Waals surface area contributed by atoms with E-state index in [1.807, 2.05) is 0 Å². The minimum absolute atomic E-state index is 0. The molecule has 0 heterocycles. The average molecular weight is 690 g/mol. The quantitative estimate of drug-likeness (QED) is 0.148.